The maximum Gasteiger partial charge on any atom is 0.248 e. The molecule has 0 amide bonds. The van der Waals surface area contributed by atoms with Crippen molar-refractivity contribution in [3.63, 3.8) is 0 Å². The fourth-order valence-corrected chi connectivity index (χ4v) is 5.02. The second kappa shape index (κ2) is 9.92. The van der Waals surface area contributed by atoms with Crippen LogP contribution in [0.1, 0.15) is 0 Å². The van der Waals surface area contributed by atoms with Gasteiger partial charge in [-0.3, -0.25) is 9.69 Å². The number of hydrogen-bond acceptors (Lipinski definition) is 6. The number of nitrogens with zero attached hydrogens (tertiary/aromatic N) is 2. The smallest absolute Gasteiger partial charge is 0.248 e. The number of H-pyrrole nitrogens is 1. The van der Waals surface area contributed by atoms with E-state index in [1.807, 2.05) is 18.2 Å². The third kappa shape index (κ3) is 5.40. The molecule has 1 saturated heterocycles. The standard InChI is InChI=1S/C23H27N3O2S2/c1-29-20-5-3-18(4-6-20)26-12-10-25(11-13-26)15-19(27)16-30-21-7-8-22-17(14-21)2-9-23(28)24-22/h2-9,14,19,27H,10-13,15-16H2,1H3,(H,24,28)/t19-/m0/s1. The number of rotatable bonds is 7. The Bertz CT molecular complexity index is 1030. The number of aromatic amines is 1. The SMILES string of the molecule is CSc1ccc(N2CCN(C[C@H](O)CSc3ccc4[nH]c(=O)ccc4c3)CC2)cc1. The molecule has 2 N–H and O–H groups in total. The molecule has 0 spiro atoms. The number of nitrogens with one attached hydrogen (secondary N) is 1. The summed E-state index contributed by atoms with van der Waals surface area (Å²) >= 11 is 3.42. The number of hydrogen-bond donors (Lipinski definition) is 2. The third-order valence-electron chi connectivity index (χ3n) is 5.42. The van der Waals surface area contributed by atoms with Gasteiger partial charge in [-0.2, -0.15) is 0 Å². The van der Waals surface area contributed by atoms with Crippen LogP contribution in [0.3, 0.4) is 0 Å². The zero-order valence-corrected chi connectivity index (χ0v) is 18.7. The zero-order chi connectivity index (χ0) is 20.9. The van der Waals surface area contributed by atoms with Crippen LogP contribution in [0.4, 0.5) is 5.69 Å². The number of thioether (sulfide) groups is 2. The maximum absolute atomic E-state index is 11.4. The van der Waals surface area contributed by atoms with E-state index in [9.17, 15) is 9.90 Å². The molecule has 4 rings (SSSR count). The summed E-state index contributed by atoms with van der Waals surface area (Å²) in [6.45, 7) is 4.61. The molecule has 0 aliphatic carbocycles. The van der Waals surface area contributed by atoms with Gasteiger partial charge in [-0.1, -0.05) is 0 Å². The topological polar surface area (TPSA) is 59.6 Å². The van der Waals surface area contributed by atoms with Gasteiger partial charge in [0, 0.05) is 65.5 Å². The van der Waals surface area contributed by atoms with Gasteiger partial charge in [0.25, 0.3) is 0 Å². The van der Waals surface area contributed by atoms with Crippen LogP contribution in [-0.4, -0.2) is 65.8 Å². The first-order valence-corrected chi connectivity index (χ1v) is 12.4. The van der Waals surface area contributed by atoms with Gasteiger partial charge in [-0.05, 0) is 60.2 Å². The minimum atomic E-state index is -0.367. The lowest BCUT2D eigenvalue weighted by molar-refractivity contribution is 0.126. The molecule has 1 fully saturated rings. The van der Waals surface area contributed by atoms with Crippen molar-refractivity contribution in [2.24, 2.45) is 0 Å². The molecule has 0 bridgehead atoms. The molecule has 0 saturated carbocycles. The van der Waals surface area contributed by atoms with Gasteiger partial charge >= 0.3 is 0 Å². The molecule has 7 heteroatoms. The molecule has 1 atom stereocenters. The quantitative estimate of drug-likeness (QED) is 0.547. The number of fused-ring (bicyclic) bond motifs is 1. The first-order chi connectivity index (χ1) is 14.6. The highest BCUT2D eigenvalue weighted by molar-refractivity contribution is 7.99. The Hall–Kier alpha value is -1.93. The van der Waals surface area contributed by atoms with E-state index in [-0.39, 0.29) is 11.7 Å². The molecular formula is C23H27N3O2S2. The number of anilines is 1. The van der Waals surface area contributed by atoms with Gasteiger partial charge in [-0.15, -0.1) is 23.5 Å². The lowest BCUT2D eigenvalue weighted by atomic mass is 10.2. The highest BCUT2D eigenvalue weighted by Gasteiger charge is 2.19. The van der Waals surface area contributed by atoms with Crippen LogP contribution in [0, 0.1) is 0 Å². The molecule has 3 aromatic rings. The van der Waals surface area contributed by atoms with Crippen molar-refractivity contribution >= 4 is 40.1 Å². The van der Waals surface area contributed by atoms with E-state index in [2.05, 4.69) is 51.4 Å². The van der Waals surface area contributed by atoms with Crippen molar-refractivity contribution in [2.75, 3.05) is 49.6 Å². The van der Waals surface area contributed by atoms with Crippen molar-refractivity contribution in [3.8, 4) is 0 Å². The van der Waals surface area contributed by atoms with E-state index in [1.54, 1.807) is 29.6 Å². The fourth-order valence-electron chi connectivity index (χ4n) is 3.75. The van der Waals surface area contributed by atoms with Crippen LogP contribution in [0.2, 0.25) is 0 Å². The van der Waals surface area contributed by atoms with Crippen LogP contribution < -0.4 is 10.5 Å². The Kier molecular flexibility index (Phi) is 7.04. The molecule has 1 aromatic heterocycles. The highest BCUT2D eigenvalue weighted by atomic mass is 32.2. The molecule has 5 nitrogen and oxygen atoms in total. The van der Waals surface area contributed by atoms with Crippen LogP contribution in [0.25, 0.3) is 10.9 Å². The first kappa shape index (κ1) is 21.3. The Morgan fingerprint density at radius 3 is 2.47 bits per heavy atom. The van der Waals surface area contributed by atoms with E-state index in [0.29, 0.717) is 12.3 Å². The number of piperazine rings is 1. The Labute approximate surface area is 185 Å². The fraction of sp³-hybridized carbons (Fsp3) is 0.348. The normalized spacial score (nSPS) is 16.1. The minimum absolute atomic E-state index is 0.0876. The average molecular weight is 442 g/mol. The first-order valence-electron chi connectivity index (χ1n) is 10.2. The van der Waals surface area contributed by atoms with E-state index in [1.165, 1.54) is 10.6 Å². The Morgan fingerprint density at radius 1 is 1.00 bits per heavy atom. The summed E-state index contributed by atoms with van der Waals surface area (Å²) in [7, 11) is 0. The molecule has 0 radical (unpaired) electrons. The summed E-state index contributed by atoms with van der Waals surface area (Å²) in [5, 5.41) is 11.5. The van der Waals surface area contributed by atoms with Gasteiger partial charge in [-0.25, -0.2) is 0 Å². The van der Waals surface area contributed by atoms with Gasteiger partial charge in [0.2, 0.25) is 5.56 Å². The number of pyridine rings is 1. The monoisotopic (exact) mass is 441 g/mol. The third-order valence-corrected chi connectivity index (χ3v) is 7.30. The number of aliphatic hydroxyl groups is 1. The van der Waals surface area contributed by atoms with Crippen molar-refractivity contribution in [1.82, 2.24) is 9.88 Å². The van der Waals surface area contributed by atoms with Gasteiger partial charge in [0.15, 0.2) is 0 Å². The maximum atomic E-state index is 11.4. The van der Waals surface area contributed by atoms with Gasteiger partial charge < -0.3 is 15.0 Å². The number of β-amino-alcohol motifs (C(OH)–C–C–N with tert-alkyl or cyclic N) is 1. The highest BCUT2D eigenvalue weighted by Crippen LogP contribution is 2.24. The second-order valence-corrected chi connectivity index (χ2v) is 9.50. The molecule has 30 heavy (non-hydrogen) atoms. The van der Waals surface area contributed by atoms with E-state index in [0.717, 1.165) is 42.0 Å². The van der Waals surface area contributed by atoms with Crippen LogP contribution in [-0.2, 0) is 0 Å². The zero-order valence-electron chi connectivity index (χ0n) is 17.1. The van der Waals surface area contributed by atoms with Crippen LogP contribution in [0.15, 0.2) is 69.2 Å². The van der Waals surface area contributed by atoms with E-state index < -0.39 is 0 Å². The summed E-state index contributed by atoms with van der Waals surface area (Å²) in [5.74, 6) is 0.658. The van der Waals surface area contributed by atoms with Crippen molar-refractivity contribution in [3.05, 3.63) is 65.0 Å². The summed E-state index contributed by atoms with van der Waals surface area (Å²) < 4.78 is 0. The van der Waals surface area contributed by atoms with Gasteiger partial charge in [0.1, 0.15) is 0 Å². The Balaban J connectivity index is 1.24. The van der Waals surface area contributed by atoms with Crippen molar-refractivity contribution < 1.29 is 5.11 Å². The molecule has 1 aliphatic rings. The van der Waals surface area contributed by atoms with Crippen LogP contribution >= 0.6 is 23.5 Å². The van der Waals surface area contributed by atoms with E-state index in [4.69, 9.17) is 0 Å². The largest absolute Gasteiger partial charge is 0.391 e. The van der Waals surface area contributed by atoms with Gasteiger partial charge in [0.05, 0.1) is 6.10 Å². The Morgan fingerprint density at radius 2 is 1.73 bits per heavy atom. The molecule has 0 unspecified atom stereocenters. The number of aromatic nitrogens is 1. The molecule has 2 aromatic carbocycles. The predicted molar refractivity (Wildman–Crippen MR) is 128 cm³/mol. The summed E-state index contributed by atoms with van der Waals surface area (Å²) in [4.78, 5) is 21.4. The summed E-state index contributed by atoms with van der Waals surface area (Å²) in [6.07, 6.45) is 1.73. The number of benzene rings is 2. The van der Waals surface area contributed by atoms with Crippen molar-refractivity contribution in [2.45, 2.75) is 15.9 Å². The lowest BCUT2D eigenvalue weighted by Crippen LogP contribution is -2.48. The summed E-state index contributed by atoms with van der Waals surface area (Å²) in [6, 6.07) is 18.1. The molecular weight excluding hydrogens is 414 g/mol. The predicted octanol–water partition coefficient (Wildman–Crippen LogP) is 3.53. The average Bonchev–Trinajstić information content (AvgIpc) is 2.78. The molecule has 2 heterocycles. The van der Waals surface area contributed by atoms with E-state index >= 15 is 0 Å². The minimum Gasteiger partial charge on any atom is -0.391 e. The molecule has 158 valence electrons. The van der Waals surface area contributed by atoms with Crippen LogP contribution in [0.5, 0.6) is 0 Å². The summed E-state index contributed by atoms with van der Waals surface area (Å²) in [5.41, 5.74) is 2.03. The van der Waals surface area contributed by atoms with Crippen molar-refractivity contribution in [1.29, 1.82) is 0 Å². The molecule has 1 aliphatic heterocycles. The number of aliphatic hydroxyl groups excluding tert-OH is 1. The second-order valence-electron chi connectivity index (χ2n) is 7.52. The lowest BCUT2D eigenvalue weighted by Gasteiger charge is -2.37.